The van der Waals surface area contributed by atoms with Gasteiger partial charge in [0.05, 0.1) is 24.8 Å². The number of aliphatic carboxylic acids is 1. The van der Waals surface area contributed by atoms with Crippen molar-refractivity contribution in [2.45, 2.75) is 49.1 Å². The number of hydrogen-bond donors (Lipinski definition) is 3. The topological polar surface area (TPSA) is 122 Å². The summed E-state index contributed by atoms with van der Waals surface area (Å²) in [7, 11) is -3.74. The molecule has 0 saturated heterocycles. The third-order valence-electron chi connectivity index (χ3n) is 3.60. The van der Waals surface area contributed by atoms with Gasteiger partial charge in [0, 0.05) is 12.7 Å². The molecule has 0 spiro atoms. The lowest BCUT2D eigenvalue weighted by Crippen LogP contribution is -2.40. The first kappa shape index (κ1) is 15.9. The molecule has 1 aromatic rings. The maximum Gasteiger partial charge on any atom is 0.305 e. The minimum atomic E-state index is -3.74. The number of hydrogen-bond acceptors (Lipinski definition) is 5. The molecule has 0 bridgehead atoms. The van der Waals surface area contributed by atoms with Crippen molar-refractivity contribution >= 4 is 16.0 Å². The number of carboxylic acid groups (broad SMARTS) is 1. The van der Waals surface area contributed by atoms with Gasteiger partial charge >= 0.3 is 5.97 Å². The van der Waals surface area contributed by atoms with Gasteiger partial charge in [-0.1, -0.05) is 12.8 Å². The Morgan fingerprint density at radius 2 is 2.10 bits per heavy atom. The second kappa shape index (κ2) is 6.12. The van der Waals surface area contributed by atoms with Crippen LogP contribution in [-0.2, 0) is 21.4 Å². The van der Waals surface area contributed by atoms with Crippen LogP contribution >= 0.6 is 0 Å². The van der Waals surface area contributed by atoms with E-state index in [1.807, 2.05) is 0 Å². The van der Waals surface area contributed by atoms with Crippen molar-refractivity contribution in [1.82, 2.24) is 14.5 Å². The Labute approximate surface area is 122 Å². The summed E-state index contributed by atoms with van der Waals surface area (Å²) in [4.78, 5) is 10.4. The molecule has 2 rings (SSSR count). The third kappa shape index (κ3) is 4.26. The number of sulfonamides is 1. The van der Waals surface area contributed by atoms with Crippen LogP contribution in [0.5, 0.6) is 0 Å². The molecule has 0 aromatic carbocycles. The van der Waals surface area contributed by atoms with E-state index >= 15 is 0 Å². The summed E-state index contributed by atoms with van der Waals surface area (Å²) >= 11 is 0. The highest BCUT2D eigenvalue weighted by molar-refractivity contribution is 7.89. The Balaban J connectivity index is 1.97. The standard InChI is InChI=1S/C12H19N3O5S/c16-11(17)3-6-15-8-10(7-13-15)21(19,20)14-9-12(18)4-1-2-5-12/h7-8,14,18H,1-6,9H2,(H,16,17). The van der Waals surface area contributed by atoms with Crippen molar-refractivity contribution in [2.24, 2.45) is 0 Å². The van der Waals surface area contributed by atoms with Crippen molar-refractivity contribution in [3.63, 3.8) is 0 Å². The molecule has 0 unspecified atom stereocenters. The SMILES string of the molecule is O=C(O)CCn1cc(S(=O)(=O)NCC2(O)CCCC2)cn1. The average molecular weight is 317 g/mol. The highest BCUT2D eigenvalue weighted by Crippen LogP contribution is 2.28. The van der Waals surface area contributed by atoms with E-state index in [4.69, 9.17) is 5.11 Å². The van der Waals surface area contributed by atoms with Gasteiger partial charge in [0.1, 0.15) is 4.90 Å². The summed E-state index contributed by atoms with van der Waals surface area (Å²) in [5.41, 5.74) is -0.966. The number of rotatable bonds is 7. The molecule has 0 amide bonds. The molecule has 1 aromatic heterocycles. The van der Waals surface area contributed by atoms with Crippen LogP contribution < -0.4 is 4.72 Å². The second-order valence-corrected chi connectivity index (χ2v) is 7.11. The molecule has 21 heavy (non-hydrogen) atoms. The largest absolute Gasteiger partial charge is 0.481 e. The molecule has 1 heterocycles. The zero-order valence-electron chi connectivity index (χ0n) is 11.5. The zero-order chi connectivity index (χ0) is 15.5. The number of aliphatic hydroxyl groups is 1. The van der Waals surface area contributed by atoms with Gasteiger partial charge in [0.2, 0.25) is 10.0 Å². The van der Waals surface area contributed by atoms with Crippen LogP contribution in [-0.4, -0.2) is 46.5 Å². The molecule has 1 saturated carbocycles. The van der Waals surface area contributed by atoms with Crippen LogP contribution in [0.15, 0.2) is 17.3 Å². The number of carboxylic acids is 1. The van der Waals surface area contributed by atoms with Gasteiger partial charge in [-0.05, 0) is 12.8 Å². The fraction of sp³-hybridized carbons (Fsp3) is 0.667. The third-order valence-corrected chi connectivity index (χ3v) is 4.96. The van der Waals surface area contributed by atoms with Crippen LogP contribution in [0.4, 0.5) is 0 Å². The zero-order valence-corrected chi connectivity index (χ0v) is 12.3. The van der Waals surface area contributed by atoms with Gasteiger partial charge in [0.25, 0.3) is 0 Å². The molecule has 0 aliphatic heterocycles. The van der Waals surface area contributed by atoms with E-state index < -0.39 is 21.6 Å². The van der Waals surface area contributed by atoms with Crippen LogP contribution in [0.1, 0.15) is 32.1 Å². The number of carbonyl (C=O) groups is 1. The smallest absolute Gasteiger partial charge is 0.305 e. The van der Waals surface area contributed by atoms with Crippen molar-refractivity contribution in [1.29, 1.82) is 0 Å². The van der Waals surface area contributed by atoms with Crippen LogP contribution in [0.3, 0.4) is 0 Å². The Bertz CT molecular complexity index is 604. The molecule has 118 valence electrons. The minimum Gasteiger partial charge on any atom is -0.481 e. The first-order chi connectivity index (χ1) is 9.81. The molecule has 3 N–H and O–H groups in total. The highest BCUT2D eigenvalue weighted by atomic mass is 32.2. The molecule has 9 heteroatoms. The summed E-state index contributed by atoms with van der Waals surface area (Å²) in [6.07, 6.45) is 5.29. The summed E-state index contributed by atoms with van der Waals surface area (Å²) < 4.78 is 27.8. The number of aryl methyl sites for hydroxylation is 1. The average Bonchev–Trinajstić information content (AvgIpc) is 3.04. The maximum atomic E-state index is 12.1. The van der Waals surface area contributed by atoms with E-state index in [0.717, 1.165) is 12.8 Å². The molecule has 1 aliphatic carbocycles. The summed E-state index contributed by atoms with van der Waals surface area (Å²) in [5.74, 6) is -0.975. The fourth-order valence-corrected chi connectivity index (χ4v) is 3.41. The predicted octanol–water partition coefficient (Wildman–Crippen LogP) is -0.0588. The Morgan fingerprint density at radius 3 is 2.71 bits per heavy atom. The van der Waals surface area contributed by atoms with Gasteiger partial charge in [-0.15, -0.1) is 0 Å². The van der Waals surface area contributed by atoms with Crippen LogP contribution in [0.2, 0.25) is 0 Å². The molecule has 1 fully saturated rings. The Morgan fingerprint density at radius 1 is 1.43 bits per heavy atom. The lowest BCUT2D eigenvalue weighted by molar-refractivity contribution is -0.137. The summed E-state index contributed by atoms with van der Waals surface area (Å²) in [6.45, 7) is 0.0877. The van der Waals surface area contributed by atoms with Crippen molar-refractivity contribution < 1.29 is 23.4 Å². The maximum absolute atomic E-state index is 12.1. The predicted molar refractivity (Wildman–Crippen MR) is 73.1 cm³/mol. The van der Waals surface area contributed by atoms with E-state index in [1.165, 1.54) is 17.1 Å². The van der Waals surface area contributed by atoms with E-state index in [9.17, 15) is 18.3 Å². The molecule has 1 aliphatic rings. The molecule has 0 radical (unpaired) electrons. The van der Waals surface area contributed by atoms with Crippen molar-refractivity contribution in [3.05, 3.63) is 12.4 Å². The van der Waals surface area contributed by atoms with E-state index in [2.05, 4.69) is 9.82 Å². The minimum absolute atomic E-state index is 0.0182. The normalized spacial score (nSPS) is 18.0. The second-order valence-electron chi connectivity index (χ2n) is 5.34. The van der Waals surface area contributed by atoms with Gasteiger partial charge in [0.15, 0.2) is 0 Å². The van der Waals surface area contributed by atoms with Gasteiger partial charge in [-0.2, -0.15) is 5.10 Å². The van der Waals surface area contributed by atoms with E-state index in [1.54, 1.807) is 0 Å². The molecule has 8 nitrogen and oxygen atoms in total. The Kier molecular flexibility index (Phi) is 4.64. The first-order valence-electron chi connectivity index (χ1n) is 6.77. The van der Waals surface area contributed by atoms with Gasteiger partial charge in [-0.25, -0.2) is 13.1 Å². The number of aromatic nitrogens is 2. The Hall–Kier alpha value is -1.45. The van der Waals surface area contributed by atoms with E-state index in [0.29, 0.717) is 12.8 Å². The summed E-state index contributed by atoms with van der Waals surface area (Å²) in [6, 6.07) is 0. The molecular formula is C12H19N3O5S. The van der Waals surface area contributed by atoms with Gasteiger partial charge < -0.3 is 10.2 Å². The lowest BCUT2D eigenvalue weighted by atomic mass is 10.0. The molecular weight excluding hydrogens is 298 g/mol. The lowest BCUT2D eigenvalue weighted by Gasteiger charge is -2.21. The quantitative estimate of drug-likeness (QED) is 0.648. The monoisotopic (exact) mass is 317 g/mol. The van der Waals surface area contributed by atoms with Crippen LogP contribution in [0.25, 0.3) is 0 Å². The van der Waals surface area contributed by atoms with Gasteiger partial charge in [-0.3, -0.25) is 9.48 Å². The summed E-state index contributed by atoms with van der Waals surface area (Å²) in [5, 5.41) is 22.5. The highest BCUT2D eigenvalue weighted by Gasteiger charge is 2.32. The van der Waals surface area contributed by atoms with E-state index in [-0.39, 0.29) is 24.4 Å². The fourth-order valence-electron chi connectivity index (χ4n) is 2.34. The van der Waals surface area contributed by atoms with Crippen LogP contribution in [0, 0.1) is 0 Å². The molecule has 0 atom stereocenters. The van der Waals surface area contributed by atoms with Crippen molar-refractivity contribution in [2.75, 3.05) is 6.54 Å². The number of nitrogens with one attached hydrogen (secondary N) is 1. The first-order valence-corrected chi connectivity index (χ1v) is 8.25. The number of nitrogens with zero attached hydrogens (tertiary/aromatic N) is 2. The van der Waals surface area contributed by atoms with Crippen molar-refractivity contribution in [3.8, 4) is 0 Å².